The van der Waals surface area contributed by atoms with Gasteiger partial charge in [-0.15, -0.1) is 0 Å². The van der Waals surface area contributed by atoms with Gasteiger partial charge >= 0.3 is 5.97 Å². The van der Waals surface area contributed by atoms with E-state index in [2.05, 4.69) is 22.9 Å². The van der Waals surface area contributed by atoms with Gasteiger partial charge in [0.2, 0.25) is 0 Å². The van der Waals surface area contributed by atoms with Gasteiger partial charge in [0, 0.05) is 23.8 Å². The summed E-state index contributed by atoms with van der Waals surface area (Å²) in [6.07, 6.45) is 6.54. The van der Waals surface area contributed by atoms with Gasteiger partial charge in [0.05, 0.1) is 11.7 Å². The number of carbonyl (C=O) groups excluding carboxylic acids is 1. The van der Waals surface area contributed by atoms with E-state index in [4.69, 9.17) is 4.74 Å². The molecule has 0 heterocycles. The number of carbonyl (C=O) groups is 1. The summed E-state index contributed by atoms with van der Waals surface area (Å²) in [5.41, 5.74) is -1.36. The number of ether oxygens (including phenoxy) is 1. The molecule has 6 heteroatoms. The van der Waals surface area contributed by atoms with E-state index in [1.165, 1.54) is 6.92 Å². The second kappa shape index (κ2) is 7.46. The van der Waals surface area contributed by atoms with Gasteiger partial charge in [-0.05, 0) is 87.4 Å². The smallest absolute Gasteiger partial charge is 0.302 e. The first-order chi connectivity index (χ1) is 13.6. The van der Waals surface area contributed by atoms with Crippen LogP contribution >= 0.6 is 15.9 Å². The maximum absolute atomic E-state index is 12.2. The fourth-order valence-electron chi connectivity index (χ4n) is 8.41. The lowest BCUT2D eigenvalue weighted by Crippen LogP contribution is -2.66. The first kappa shape index (κ1) is 22.0. The number of alkyl halides is 1. The van der Waals surface area contributed by atoms with Crippen molar-refractivity contribution in [1.82, 2.24) is 0 Å². The Morgan fingerprint density at radius 2 is 1.90 bits per heavy atom. The minimum absolute atomic E-state index is 0.0305. The third-order valence-electron chi connectivity index (χ3n) is 9.76. The number of fused-ring (bicyclic) bond motifs is 5. The SMILES string of the molecule is CC(=O)O[C@H]1CC[C@@]2(CO)[C@@H](CC[C@@H]3[C@@H]2CC[C@]2(C)[C@@H]([C@H](C)O)C[C@H](Br)[C@]32O)C1. The molecule has 0 radical (unpaired) electrons. The predicted octanol–water partition coefficient (Wildman–Crippen LogP) is 3.42. The van der Waals surface area contributed by atoms with Crippen molar-refractivity contribution < 1.29 is 24.9 Å². The Morgan fingerprint density at radius 3 is 2.52 bits per heavy atom. The Kier molecular flexibility index (Phi) is 5.67. The molecule has 0 unspecified atom stereocenters. The average Bonchev–Trinajstić information content (AvgIpc) is 2.88. The molecule has 4 aliphatic carbocycles. The molecule has 4 fully saturated rings. The lowest BCUT2D eigenvalue weighted by Gasteiger charge is -2.64. The van der Waals surface area contributed by atoms with Gasteiger partial charge < -0.3 is 20.1 Å². The molecule has 0 amide bonds. The highest BCUT2D eigenvalue weighted by Crippen LogP contribution is 2.70. The molecule has 0 saturated heterocycles. The van der Waals surface area contributed by atoms with Gasteiger partial charge in [0.1, 0.15) is 6.10 Å². The normalized spacial score (nSPS) is 52.8. The lowest BCUT2D eigenvalue weighted by molar-refractivity contribution is -0.224. The Labute approximate surface area is 182 Å². The molecule has 166 valence electrons. The minimum atomic E-state index is -0.864. The van der Waals surface area contributed by atoms with Gasteiger partial charge in [0.25, 0.3) is 0 Å². The van der Waals surface area contributed by atoms with Crippen molar-refractivity contribution in [1.29, 1.82) is 0 Å². The van der Waals surface area contributed by atoms with E-state index in [-0.39, 0.29) is 52.1 Å². The number of hydrogen-bond acceptors (Lipinski definition) is 5. The van der Waals surface area contributed by atoms with Crippen LogP contribution in [0.3, 0.4) is 0 Å². The maximum Gasteiger partial charge on any atom is 0.302 e. The molecule has 5 nitrogen and oxygen atoms in total. The standard InChI is InChI=1S/C23H37BrO5/c1-13(26)19-11-20(24)23(28)18-5-4-15-10-16(29-14(2)27)6-9-22(15,12-25)17(18)7-8-21(19,23)3/h13,15-20,25-26,28H,4-12H2,1-3H3/t13-,15-,16-,17-,18+,19+,20-,21+,22+,23+/m0/s1. The molecule has 4 aliphatic rings. The maximum atomic E-state index is 12.2. The molecule has 10 atom stereocenters. The number of rotatable bonds is 3. The van der Waals surface area contributed by atoms with Crippen LogP contribution in [-0.2, 0) is 9.53 Å². The van der Waals surface area contributed by atoms with E-state index in [0.29, 0.717) is 5.92 Å². The van der Waals surface area contributed by atoms with Crippen molar-refractivity contribution in [2.75, 3.05) is 6.61 Å². The van der Waals surface area contributed by atoms with Crippen LogP contribution in [0.5, 0.6) is 0 Å². The van der Waals surface area contributed by atoms with Crippen molar-refractivity contribution in [3.8, 4) is 0 Å². The van der Waals surface area contributed by atoms with Crippen molar-refractivity contribution in [2.45, 2.75) is 94.8 Å². The van der Waals surface area contributed by atoms with Crippen LogP contribution in [0.15, 0.2) is 0 Å². The van der Waals surface area contributed by atoms with E-state index in [1.807, 2.05) is 6.92 Å². The van der Waals surface area contributed by atoms with E-state index >= 15 is 0 Å². The number of aliphatic hydroxyl groups excluding tert-OH is 2. The number of esters is 1. The average molecular weight is 473 g/mol. The highest BCUT2D eigenvalue weighted by Gasteiger charge is 2.71. The molecule has 3 N–H and O–H groups in total. The highest BCUT2D eigenvalue weighted by molar-refractivity contribution is 9.09. The number of hydrogen-bond donors (Lipinski definition) is 3. The van der Waals surface area contributed by atoms with Crippen LogP contribution < -0.4 is 0 Å². The van der Waals surface area contributed by atoms with Crippen LogP contribution in [0.2, 0.25) is 0 Å². The molecule has 0 aromatic carbocycles. The Balaban J connectivity index is 1.65. The third kappa shape index (κ3) is 2.99. The minimum Gasteiger partial charge on any atom is -0.463 e. The Hall–Kier alpha value is -0.170. The first-order valence-electron chi connectivity index (χ1n) is 11.4. The lowest BCUT2D eigenvalue weighted by atomic mass is 9.43. The second-order valence-electron chi connectivity index (χ2n) is 10.7. The molecule has 0 aromatic rings. The number of halogens is 1. The summed E-state index contributed by atoms with van der Waals surface area (Å²) in [7, 11) is 0. The van der Waals surface area contributed by atoms with Crippen LogP contribution in [0.25, 0.3) is 0 Å². The largest absolute Gasteiger partial charge is 0.463 e. The summed E-state index contributed by atoms with van der Waals surface area (Å²) in [5, 5.41) is 33.3. The van der Waals surface area contributed by atoms with Gasteiger partial charge in [0.15, 0.2) is 0 Å². The summed E-state index contributed by atoms with van der Waals surface area (Å²) in [4.78, 5) is 11.4. The topological polar surface area (TPSA) is 87.0 Å². The monoisotopic (exact) mass is 472 g/mol. The van der Waals surface area contributed by atoms with Crippen molar-refractivity contribution in [3.63, 3.8) is 0 Å². The van der Waals surface area contributed by atoms with E-state index in [9.17, 15) is 20.1 Å². The van der Waals surface area contributed by atoms with Gasteiger partial charge in [-0.1, -0.05) is 22.9 Å². The summed E-state index contributed by atoms with van der Waals surface area (Å²) in [6.45, 7) is 5.65. The molecule has 29 heavy (non-hydrogen) atoms. The summed E-state index contributed by atoms with van der Waals surface area (Å²) < 4.78 is 5.52. The molecule has 0 aromatic heterocycles. The summed E-state index contributed by atoms with van der Waals surface area (Å²) in [6, 6.07) is 0. The van der Waals surface area contributed by atoms with Gasteiger partial charge in [-0.3, -0.25) is 4.79 Å². The van der Waals surface area contributed by atoms with E-state index < -0.39 is 11.7 Å². The number of aliphatic hydroxyl groups is 3. The van der Waals surface area contributed by atoms with Crippen LogP contribution in [-0.4, -0.2) is 50.5 Å². The fourth-order valence-corrected chi connectivity index (χ4v) is 9.67. The van der Waals surface area contributed by atoms with Crippen LogP contribution in [0.1, 0.15) is 72.1 Å². The van der Waals surface area contributed by atoms with Crippen molar-refractivity contribution in [2.24, 2.45) is 34.5 Å². The zero-order valence-corrected chi connectivity index (χ0v) is 19.5. The quantitative estimate of drug-likeness (QED) is 0.432. The van der Waals surface area contributed by atoms with Crippen molar-refractivity contribution >= 4 is 21.9 Å². The Bertz CT molecular complexity index is 655. The molecule has 4 rings (SSSR count). The summed E-state index contributed by atoms with van der Waals surface area (Å²) >= 11 is 3.83. The predicted molar refractivity (Wildman–Crippen MR) is 113 cm³/mol. The first-order valence-corrected chi connectivity index (χ1v) is 12.3. The van der Waals surface area contributed by atoms with Crippen LogP contribution in [0, 0.1) is 34.5 Å². The molecule has 0 aliphatic heterocycles. The molecular formula is C23H37BrO5. The van der Waals surface area contributed by atoms with E-state index in [1.54, 1.807) is 0 Å². The summed E-state index contributed by atoms with van der Waals surface area (Å²) in [5.74, 6) is 0.599. The Morgan fingerprint density at radius 1 is 1.17 bits per heavy atom. The fraction of sp³-hybridized carbons (Fsp3) is 0.957. The zero-order chi connectivity index (χ0) is 21.2. The van der Waals surface area contributed by atoms with Gasteiger partial charge in [-0.2, -0.15) is 0 Å². The van der Waals surface area contributed by atoms with Crippen molar-refractivity contribution in [3.05, 3.63) is 0 Å². The second-order valence-corrected chi connectivity index (χ2v) is 11.8. The van der Waals surface area contributed by atoms with Crippen LogP contribution in [0.4, 0.5) is 0 Å². The van der Waals surface area contributed by atoms with E-state index in [0.717, 1.165) is 51.4 Å². The molecule has 4 saturated carbocycles. The zero-order valence-electron chi connectivity index (χ0n) is 17.9. The highest BCUT2D eigenvalue weighted by atomic mass is 79.9. The molecular weight excluding hydrogens is 436 g/mol. The van der Waals surface area contributed by atoms with Gasteiger partial charge in [-0.25, -0.2) is 0 Å². The molecule has 0 spiro atoms. The third-order valence-corrected chi connectivity index (χ3v) is 10.8. The molecule has 0 bridgehead atoms.